The fourth-order valence-corrected chi connectivity index (χ4v) is 5.02. The van der Waals surface area contributed by atoms with Crippen molar-refractivity contribution in [3.05, 3.63) is 65.2 Å². The lowest BCUT2D eigenvalue weighted by atomic mass is 10.1. The van der Waals surface area contributed by atoms with E-state index < -0.39 is 0 Å². The molecule has 0 fully saturated rings. The van der Waals surface area contributed by atoms with Gasteiger partial charge in [0.25, 0.3) is 17.7 Å². The van der Waals surface area contributed by atoms with Crippen molar-refractivity contribution in [2.24, 2.45) is 0 Å². The minimum absolute atomic E-state index is 0.0171. The van der Waals surface area contributed by atoms with Crippen LogP contribution in [-0.2, 0) is 0 Å². The van der Waals surface area contributed by atoms with E-state index in [1.165, 1.54) is 37.0 Å². The molecule has 1 heterocycles. The van der Waals surface area contributed by atoms with E-state index in [4.69, 9.17) is 0 Å². The molecular weight excluding hydrogens is 488 g/mol. The van der Waals surface area contributed by atoms with Gasteiger partial charge in [-0.25, -0.2) is 0 Å². The average molecular weight is 535 g/mol. The molecule has 0 saturated carbocycles. The number of carbonyl (C=O) groups is 3. The molecule has 0 atom stereocenters. The number of likely N-dealkylation sites (N-methyl/N-ethyl adjacent to an activating group) is 1. The number of unbranched alkanes of at least 4 members (excludes halogenated alkanes) is 8. The van der Waals surface area contributed by atoms with Crippen LogP contribution in [-0.4, -0.2) is 66.8 Å². The number of amides is 3. The molecule has 0 radical (unpaired) electrons. The van der Waals surface area contributed by atoms with E-state index in [-0.39, 0.29) is 17.7 Å². The van der Waals surface area contributed by atoms with Crippen molar-refractivity contribution in [2.45, 2.75) is 71.6 Å². The second kappa shape index (κ2) is 16.7. The van der Waals surface area contributed by atoms with Gasteiger partial charge >= 0.3 is 0 Å². The van der Waals surface area contributed by atoms with Crippen molar-refractivity contribution in [2.75, 3.05) is 44.6 Å². The minimum atomic E-state index is -0.147. The van der Waals surface area contributed by atoms with E-state index in [0.29, 0.717) is 29.8 Å². The van der Waals surface area contributed by atoms with E-state index in [1.807, 2.05) is 24.3 Å². The third kappa shape index (κ3) is 9.50. The van der Waals surface area contributed by atoms with Crippen LogP contribution in [0.25, 0.3) is 0 Å². The molecule has 0 bridgehead atoms. The zero-order chi connectivity index (χ0) is 27.9. The topological polar surface area (TPSA) is 81.8 Å². The van der Waals surface area contributed by atoms with Gasteiger partial charge in [0.15, 0.2) is 0 Å². The molecule has 39 heavy (non-hydrogen) atoms. The highest BCUT2D eigenvalue weighted by Crippen LogP contribution is 2.23. The second-order valence-corrected chi connectivity index (χ2v) is 10.3. The van der Waals surface area contributed by atoms with Gasteiger partial charge in [-0.3, -0.25) is 19.3 Å². The van der Waals surface area contributed by atoms with Crippen LogP contribution < -0.4 is 10.6 Å². The van der Waals surface area contributed by atoms with Crippen molar-refractivity contribution in [3.63, 3.8) is 0 Å². The molecule has 7 heteroatoms. The van der Waals surface area contributed by atoms with Crippen LogP contribution in [0.5, 0.6) is 0 Å². The fraction of sp³-hybridized carbons (Fsp3) is 0.531. The van der Waals surface area contributed by atoms with Gasteiger partial charge in [-0.1, -0.05) is 70.9 Å². The molecule has 212 valence electrons. The predicted octanol–water partition coefficient (Wildman–Crippen LogP) is 5.98. The molecule has 3 amide bonds. The number of nitrogens with zero attached hydrogens (tertiary/aromatic N) is 2. The van der Waals surface area contributed by atoms with Crippen LogP contribution >= 0.6 is 0 Å². The zero-order valence-corrected chi connectivity index (χ0v) is 23.8. The third-order valence-corrected chi connectivity index (χ3v) is 7.52. The molecule has 2 N–H and O–H groups in total. The van der Waals surface area contributed by atoms with Gasteiger partial charge in [-0.15, -0.1) is 0 Å². The molecule has 1 aliphatic heterocycles. The van der Waals surface area contributed by atoms with Crippen LogP contribution in [0.3, 0.4) is 0 Å². The Morgan fingerprint density at radius 3 is 1.82 bits per heavy atom. The fourth-order valence-electron chi connectivity index (χ4n) is 5.02. The summed E-state index contributed by atoms with van der Waals surface area (Å²) >= 11 is 0. The Labute approximate surface area is 234 Å². The Kier molecular flexibility index (Phi) is 13.0. The average Bonchev–Trinajstić information content (AvgIpc) is 3.21. The molecule has 0 saturated heterocycles. The van der Waals surface area contributed by atoms with E-state index >= 15 is 0 Å². The molecule has 0 aromatic heterocycles. The summed E-state index contributed by atoms with van der Waals surface area (Å²) in [5.41, 5.74) is 2.83. The van der Waals surface area contributed by atoms with Crippen molar-refractivity contribution in [3.8, 4) is 0 Å². The van der Waals surface area contributed by atoms with E-state index in [2.05, 4.69) is 29.4 Å². The molecule has 0 spiro atoms. The molecule has 0 aliphatic carbocycles. The van der Waals surface area contributed by atoms with Crippen molar-refractivity contribution >= 4 is 23.4 Å². The molecule has 7 nitrogen and oxygen atoms in total. The van der Waals surface area contributed by atoms with Gasteiger partial charge in [0.2, 0.25) is 0 Å². The molecule has 2 aromatic rings. The van der Waals surface area contributed by atoms with Crippen molar-refractivity contribution in [1.29, 1.82) is 0 Å². The lowest BCUT2D eigenvalue weighted by Gasteiger charge is -2.18. The van der Waals surface area contributed by atoms with Gasteiger partial charge in [-0.05, 0) is 62.3 Å². The molecule has 0 unspecified atom stereocenters. The van der Waals surface area contributed by atoms with Gasteiger partial charge in [0.1, 0.15) is 0 Å². The number of hydrogen-bond donors (Lipinski definition) is 2. The summed E-state index contributed by atoms with van der Waals surface area (Å²) in [6, 6.07) is 14.8. The minimum Gasteiger partial charge on any atom is -0.385 e. The normalized spacial score (nSPS) is 12.7. The molecule has 2 aromatic carbocycles. The summed E-state index contributed by atoms with van der Waals surface area (Å²) in [5, 5.41) is 6.45. The predicted molar refractivity (Wildman–Crippen MR) is 158 cm³/mol. The van der Waals surface area contributed by atoms with Crippen LogP contribution in [0.4, 0.5) is 5.69 Å². The number of nitrogens with one attached hydrogen (secondary N) is 2. The summed E-state index contributed by atoms with van der Waals surface area (Å²) in [6.07, 6.45) is 10.3. The van der Waals surface area contributed by atoms with E-state index in [0.717, 1.165) is 57.5 Å². The third-order valence-electron chi connectivity index (χ3n) is 7.52. The lowest BCUT2D eigenvalue weighted by molar-refractivity contribution is 0.0651. The summed E-state index contributed by atoms with van der Waals surface area (Å²) in [7, 11) is 0. The van der Waals surface area contributed by atoms with Gasteiger partial charge < -0.3 is 15.5 Å². The monoisotopic (exact) mass is 534 g/mol. The Hall–Kier alpha value is -3.19. The Morgan fingerprint density at radius 1 is 0.718 bits per heavy atom. The maximum Gasteiger partial charge on any atom is 0.261 e. The Morgan fingerprint density at radius 2 is 1.26 bits per heavy atom. The summed E-state index contributed by atoms with van der Waals surface area (Å²) < 4.78 is 0. The highest BCUT2D eigenvalue weighted by molar-refractivity contribution is 6.21. The lowest BCUT2D eigenvalue weighted by Crippen LogP contribution is -2.34. The van der Waals surface area contributed by atoms with E-state index in [9.17, 15) is 14.4 Å². The van der Waals surface area contributed by atoms with Gasteiger partial charge in [0, 0.05) is 37.4 Å². The SMILES string of the molecule is CCN(CC)CCNC(=O)c1ccc(NCCCCCCCCCCCN2C(=O)c3ccccc3C2=O)cc1. The summed E-state index contributed by atoms with van der Waals surface area (Å²) in [5.74, 6) is -0.311. The quantitative estimate of drug-likeness (QED) is 0.171. The van der Waals surface area contributed by atoms with Crippen LogP contribution in [0.1, 0.15) is 103 Å². The molecule has 1 aliphatic rings. The summed E-state index contributed by atoms with van der Waals surface area (Å²) in [4.78, 5) is 40.8. The number of anilines is 1. The highest BCUT2D eigenvalue weighted by atomic mass is 16.2. The molecule has 3 rings (SSSR count). The molecular formula is C32H46N4O3. The first kappa shape index (κ1) is 30.4. The number of benzene rings is 2. The number of fused-ring (bicyclic) bond motifs is 1. The van der Waals surface area contributed by atoms with Crippen molar-refractivity contribution in [1.82, 2.24) is 15.1 Å². The van der Waals surface area contributed by atoms with E-state index in [1.54, 1.807) is 24.3 Å². The largest absolute Gasteiger partial charge is 0.385 e. The zero-order valence-electron chi connectivity index (χ0n) is 23.8. The maximum absolute atomic E-state index is 12.4. The first-order valence-corrected chi connectivity index (χ1v) is 14.8. The first-order valence-electron chi connectivity index (χ1n) is 14.8. The highest BCUT2D eigenvalue weighted by Gasteiger charge is 2.34. The van der Waals surface area contributed by atoms with Crippen LogP contribution in [0.2, 0.25) is 0 Å². The Balaban J connectivity index is 1.15. The van der Waals surface area contributed by atoms with Crippen molar-refractivity contribution < 1.29 is 14.4 Å². The number of hydrogen-bond acceptors (Lipinski definition) is 5. The number of imide groups is 1. The Bertz CT molecular complexity index is 1010. The first-order chi connectivity index (χ1) is 19.0. The second-order valence-electron chi connectivity index (χ2n) is 10.3. The van der Waals surface area contributed by atoms with Crippen LogP contribution in [0.15, 0.2) is 48.5 Å². The van der Waals surface area contributed by atoms with Gasteiger partial charge in [-0.2, -0.15) is 0 Å². The maximum atomic E-state index is 12.4. The summed E-state index contributed by atoms with van der Waals surface area (Å²) in [6.45, 7) is 9.26. The number of carbonyl (C=O) groups excluding carboxylic acids is 3. The standard InChI is InChI=1S/C32H46N4O3/c1-3-35(4-2)25-23-34-30(37)26-18-20-27(21-19-26)33-22-14-10-8-6-5-7-9-11-15-24-36-31(38)28-16-12-13-17-29(28)32(36)39/h12-13,16-21,33H,3-11,14-15,22-25H2,1-2H3,(H,34,37). The van der Waals surface area contributed by atoms with Gasteiger partial charge in [0.05, 0.1) is 11.1 Å². The number of rotatable bonds is 19. The smallest absolute Gasteiger partial charge is 0.261 e. The van der Waals surface area contributed by atoms with Crippen LogP contribution in [0, 0.1) is 0 Å².